The maximum Gasteiger partial charge on any atom is 0.0624 e. The zero-order chi connectivity index (χ0) is 13.0. The molecule has 2 nitrogen and oxygen atoms in total. The minimum Gasteiger partial charge on any atom is -0.377 e. The van der Waals surface area contributed by atoms with Crippen LogP contribution in [0.5, 0.6) is 0 Å². The van der Waals surface area contributed by atoms with Gasteiger partial charge in [0.15, 0.2) is 0 Å². The molecule has 18 heavy (non-hydrogen) atoms. The van der Waals surface area contributed by atoms with Crippen LogP contribution in [0.3, 0.4) is 0 Å². The number of hydrogen-bond acceptors (Lipinski definition) is 2. The maximum atomic E-state index is 6.12. The summed E-state index contributed by atoms with van der Waals surface area (Å²) in [5, 5.41) is 2.56. The number of ether oxygens (including phenoxy) is 1. The fourth-order valence-corrected chi connectivity index (χ4v) is 2.13. The highest BCUT2D eigenvalue weighted by Gasteiger charge is 2.08. The van der Waals surface area contributed by atoms with Crippen molar-refractivity contribution in [3.8, 4) is 0 Å². The summed E-state index contributed by atoms with van der Waals surface area (Å²) in [4.78, 5) is 0. The number of fused-ring (bicyclic) bond motifs is 1. The van der Waals surface area contributed by atoms with E-state index in [9.17, 15) is 0 Å². The molecule has 1 atom stereocenters. The molecular weight excluding hydrogens is 222 g/mol. The summed E-state index contributed by atoms with van der Waals surface area (Å²) in [6.07, 6.45) is 1.09. The summed E-state index contributed by atoms with van der Waals surface area (Å²) in [7, 11) is 0. The molecule has 0 bridgehead atoms. The first-order valence-electron chi connectivity index (χ1n) is 6.50. The fourth-order valence-electron chi connectivity index (χ4n) is 2.13. The van der Waals surface area contributed by atoms with Crippen LogP contribution in [0.1, 0.15) is 19.4 Å². The number of rotatable bonds is 5. The van der Waals surface area contributed by atoms with E-state index in [-0.39, 0.29) is 12.1 Å². The van der Waals surface area contributed by atoms with Gasteiger partial charge in [-0.3, -0.25) is 0 Å². The van der Waals surface area contributed by atoms with Crippen LogP contribution in [0.25, 0.3) is 10.8 Å². The molecule has 0 saturated heterocycles. The number of hydrogen-bond donors (Lipinski definition) is 1. The zero-order valence-electron chi connectivity index (χ0n) is 11.1. The summed E-state index contributed by atoms with van der Waals surface area (Å²) in [5.41, 5.74) is 7.42. The third kappa shape index (κ3) is 3.31. The molecule has 2 N–H and O–H groups in total. The lowest BCUT2D eigenvalue weighted by atomic mass is 9.99. The first-order valence-corrected chi connectivity index (χ1v) is 6.50. The van der Waals surface area contributed by atoms with E-state index < -0.39 is 0 Å². The molecule has 0 aliphatic rings. The van der Waals surface area contributed by atoms with E-state index in [1.54, 1.807) is 0 Å². The molecule has 2 rings (SSSR count). The van der Waals surface area contributed by atoms with E-state index >= 15 is 0 Å². The number of nitrogens with two attached hydrogens (primary N) is 1. The molecule has 0 radical (unpaired) electrons. The Morgan fingerprint density at radius 3 is 2.56 bits per heavy atom. The monoisotopic (exact) mass is 243 g/mol. The molecule has 0 aliphatic heterocycles. The molecule has 0 spiro atoms. The van der Waals surface area contributed by atoms with Crippen LogP contribution in [0.4, 0.5) is 0 Å². The lowest BCUT2D eigenvalue weighted by molar-refractivity contribution is 0.0684. The van der Waals surface area contributed by atoms with Crippen molar-refractivity contribution in [2.75, 3.05) is 6.61 Å². The first-order chi connectivity index (χ1) is 8.66. The van der Waals surface area contributed by atoms with Gasteiger partial charge in [-0.2, -0.15) is 0 Å². The average molecular weight is 243 g/mol. The van der Waals surface area contributed by atoms with Crippen molar-refractivity contribution in [3.05, 3.63) is 48.0 Å². The topological polar surface area (TPSA) is 35.2 Å². The molecule has 96 valence electrons. The largest absolute Gasteiger partial charge is 0.377 e. The van der Waals surface area contributed by atoms with Gasteiger partial charge in [-0.25, -0.2) is 0 Å². The van der Waals surface area contributed by atoms with Crippen molar-refractivity contribution in [1.82, 2.24) is 0 Å². The standard InChI is InChI=1S/C16H21NO/c1-12(2)18-11-15(17)10-14-8-5-7-13-6-3-4-9-16(13)14/h3-9,12,15H,10-11,17H2,1-2H3. The minimum atomic E-state index is 0.0539. The average Bonchev–Trinajstić information content (AvgIpc) is 2.37. The summed E-state index contributed by atoms with van der Waals surface area (Å²) < 4.78 is 5.56. The first kappa shape index (κ1) is 13.1. The van der Waals surface area contributed by atoms with Gasteiger partial charge in [0.25, 0.3) is 0 Å². The van der Waals surface area contributed by atoms with Gasteiger partial charge >= 0.3 is 0 Å². The van der Waals surface area contributed by atoms with Gasteiger partial charge in [-0.1, -0.05) is 42.5 Å². The quantitative estimate of drug-likeness (QED) is 0.875. The molecule has 0 aliphatic carbocycles. The van der Waals surface area contributed by atoms with Gasteiger partial charge < -0.3 is 10.5 Å². The van der Waals surface area contributed by atoms with Crippen LogP contribution in [-0.4, -0.2) is 18.8 Å². The van der Waals surface area contributed by atoms with Crippen molar-refractivity contribution in [3.63, 3.8) is 0 Å². The Balaban J connectivity index is 2.11. The lowest BCUT2D eigenvalue weighted by Gasteiger charge is -2.15. The van der Waals surface area contributed by atoms with Crippen molar-refractivity contribution in [1.29, 1.82) is 0 Å². The van der Waals surface area contributed by atoms with Gasteiger partial charge in [0.05, 0.1) is 12.7 Å². The molecular formula is C16H21NO. The Morgan fingerprint density at radius 2 is 1.78 bits per heavy atom. The molecule has 2 aromatic rings. The molecule has 2 heteroatoms. The summed E-state index contributed by atoms with van der Waals surface area (Å²) in [6.45, 7) is 4.68. The van der Waals surface area contributed by atoms with Crippen molar-refractivity contribution >= 4 is 10.8 Å². The van der Waals surface area contributed by atoms with E-state index in [1.807, 2.05) is 13.8 Å². The van der Waals surface area contributed by atoms with Gasteiger partial charge in [-0.15, -0.1) is 0 Å². The second-order valence-electron chi connectivity index (χ2n) is 4.98. The minimum absolute atomic E-state index is 0.0539. The van der Waals surface area contributed by atoms with E-state index in [0.717, 1.165) is 6.42 Å². The molecule has 0 amide bonds. The Labute approximate surface area is 109 Å². The molecule has 0 saturated carbocycles. The van der Waals surface area contributed by atoms with Gasteiger partial charge in [0.2, 0.25) is 0 Å². The second kappa shape index (κ2) is 5.98. The van der Waals surface area contributed by atoms with Crippen LogP contribution in [0.15, 0.2) is 42.5 Å². The van der Waals surface area contributed by atoms with E-state index in [2.05, 4.69) is 42.5 Å². The van der Waals surface area contributed by atoms with Crippen LogP contribution < -0.4 is 5.73 Å². The SMILES string of the molecule is CC(C)OCC(N)Cc1cccc2ccccc12. The Hall–Kier alpha value is -1.38. The Bertz CT molecular complexity index is 502. The summed E-state index contributed by atoms with van der Waals surface area (Å²) >= 11 is 0. The molecule has 0 heterocycles. The zero-order valence-corrected chi connectivity index (χ0v) is 11.1. The maximum absolute atomic E-state index is 6.12. The van der Waals surface area contributed by atoms with Crippen molar-refractivity contribution in [2.24, 2.45) is 5.73 Å². The number of benzene rings is 2. The van der Waals surface area contributed by atoms with Crippen LogP contribution in [0, 0.1) is 0 Å². The molecule has 2 aromatic carbocycles. The molecule has 0 fully saturated rings. The van der Waals surface area contributed by atoms with Crippen LogP contribution in [-0.2, 0) is 11.2 Å². The second-order valence-corrected chi connectivity index (χ2v) is 4.98. The highest BCUT2D eigenvalue weighted by Crippen LogP contribution is 2.19. The van der Waals surface area contributed by atoms with Gasteiger partial charge in [-0.05, 0) is 36.6 Å². The third-order valence-electron chi connectivity index (χ3n) is 3.01. The lowest BCUT2D eigenvalue weighted by Crippen LogP contribution is -2.30. The predicted octanol–water partition coefficient (Wildman–Crippen LogP) is 3.13. The van der Waals surface area contributed by atoms with E-state index in [0.29, 0.717) is 6.61 Å². The Kier molecular flexibility index (Phi) is 4.34. The van der Waals surface area contributed by atoms with Gasteiger partial charge in [0.1, 0.15) is 0 Å². The molecule has 1 unspecified atom stereocenters. The van der Waals surface area contributed by atoms with Gasteiger partial charge in [0, 0.05) is 6.04 Å². The summed E-state index contributed by atoms with van der Waals surface area (Å²) in [6, 6.07) is 14.9. The molecule has 0 aromatic heterocycles. The predicted molar refractivity (Wildman–Crippen MR) is 76.7 cm³/mol. The smallest absolute Gasteiger partial charge is 0.0624 e. The highest BCUT2D eigenvalue weighted by molar-refractivity contribution is 5.85. The van der Waals surface area contributed by atoms with Crippen molar-refractivity contribution in [2.45, 2.75) is 32.4 Å². The normalized spacial score (nSPS) is 13.1. The van der Waals surface area contributed by atoms with Crippen LogP contribution in [0.2, 0.25) is 0 Å². The van der Waals surface area contributed by atoms with E-state index in [1.165, 1.54) is 16.3 Å². The van der Waals surface area contributed by atoms with Crippen LogP contribution >= 0.6 is 0 Å². The van der Waals surface area contributed by atoms with Crippen molar-refractivity contribution < 1.29 is 4.74 Å². The highest BCUT2D eigenvalue weighted by atomic mass is 16.5. The summed E-state index contributed by atoms with van der Waals surface area (Å²) in [5.74, 6) is 0. The fraction of sp³-hybridized carbons (Fsp3) is 0.375. The third-order valence-corrected chi connectivity index (χ3v) is 3.01. The van der Waals surface area contributed by atoms with E-state index in [4.69, 9.17) is 10.5 Å². The Morgan fingerprint density at radius 1 is 1.06 bits per heavy atom.